The highest BCUT2D eigenvalue weighted by Crippen LogP contribution is 2.25. The van der Waals surface area contributed by atoms with Crippen molar-refractivity contribution < 1.29 is 18.3 Å². The lowest BCUT2D eigenvalue weighted by molar-refractivity contribution is 0.00844. The van der Waals surface area contributed by atoms with E-state index in [-0.39, 0.29) is 24.4 Å². The Hall–Kier alpha value is -0.890. The fourth-order valence-corrected chi connectivity index (χ4v) is 3.02. The predicted molar refractivity (Wildman–Crippen MR) is 94.1 cm³/mol. The van der Waals surface area contributed by atoms with Crippen LogP contribution in [0.3, 0.4) is 0 Å². The van der Waals surface area contributed by atoms with Crippen molar-refractivity contribution in [2.75, 3.05) is 26.2 Å². The largest absolute Gasteiger partial charge is 0.378 e. The summed E-state index contributed by atoms with van der Waals surface area (Å²) in [5, 5.41) is 0. The highest BCUT2D eigenvalue weighted by Gasteiger charge is 2.24. The van der Waals surface area contributed by atoms with E-state index in [9.17, 15) is 13.6 Å². The van der Waals surface area contributed by atoms with Gasteiger partial charge in [0.25, 0.3) is 11.7 Å². The second-order valence-corrected chi connectivity index (χ2v) is 6.47. The molecule has 0 bridgehead atoms. The summed E-state index contributed by atoms with van der Waals surface area (Å²) in [6, 6.07) is 6.34. The monoisotopic (exact) mass is 380 g/mol. The van der Waals surface area contributed by atoms with Crippen molar-refractivity contribution in [2.45, 2.75) is 36.0 Å². The minimum absolute atomic E-state index is 0. The van der Waals surface area contributed by atoms with Crippen LogP contribution in [0.1, 0.15) is 29.6 Å². The van der Waals surface area contributed by atoms with Gasteiger partial charge >= 0.3 is 0 Å². The lowest BCUT2D eigenvalue weighted by atomic mass is 10.1. The fourth-order valence-electron chi connectivity index (χ4n) is 2.52. The topological polar surface area (TPSA) is 55.6 Å². The number of likely N-dealkylation sites (tertiary alicyclic amines) is 1. The van der Waals surface area contributed by atoms with Crippen LogP contribution in [-0.2, 0) is 4.74 Å². The third-order valence-electron chi connectivity index (χ3n) is 3.76. The van der Waals surface area contributed by atoms with E-state index >= 15 is 0 Å². The Bertz CT molecular complexity index is 497. The molecule has 1 saturated heterocycles. The predicted octanol–water partition coefficient (Wildman–Crippen LogP) is 3.39. The lowest BCUT2D eigenvalue weighted by Gasteiger charge is -2.32. The van der Waals surface area contributed by atoms with Gasteiger partial charge in [0.1, 0.15) is 0 Å². The van der Waals surface area contributed by atoms with Crippen molar-refractivity contribution in [2.24, 2.45) is 5.73 Å². The van der Waals surface area contributed by atoms with Crippen molar-refractivity contribution in [1.82, 2.24) is 4.90 Å². The van der Waals surface area contributed by atoms with Gasteiger partial charge in [-0.05, 0) is 50.1 Å². The molecule has 0 saturated carbocycles. The van der Waals surface area contributed by atoms with Crippen LogP contribution in [0.15, 0.2) is 29.2 Å². The standard InChI is InChI=1S/C16H22F2N2O2S.ClH/c17-16(18)23-14-4-2-12(3-5-14)15(21)20-9-6-13(7-10-20)22-11-1-8-19;/h2-5,13,16H,1,6-11,19H2;1H. The molecule has 4 nitrogen and oxygen atoms in total. The van der Waals surface area contributed by atoms with E-state index in [4.69, 9.17) is 10.5 Å². The molecule has 0 unspecified atom stereocenters. The van der Waals surface area contributed by atoms with Crippen LogP contribution in [0.25, 0.3) is 0 Å². The molecule has 1 aromatic rings. The lowest BCUT2D eigenvalue weighted by Crippen LogP contribution is -2.41. The molecule has 1 aromatic carbocycles. The molecule has 1 heterocycles. The first-order chi connectivity index (χ1) is 11.1. The van der Waals surface area contributed by atoms with Crippen LogP contribution in [0.4, 0.5) is 8.78 Å². The van der Waals surface area contributed by atoms with E-state index in [1.807, 2.05) is 0 Å². The van der Waals surface area contributed by atoms with E-state index in [1.54, 1.807) is 29.2 Å². The number of ether oxygens (including phenoxy) is 1. The van der Waals surface area contributed by atoms with Gasteiger partial charge < -0.3 is 15.4 Å². The van der Waals surface area contributed by atoms with Gasteiger partial charge in [-0.15, -0.1) is 12.4 Å². The zero-order chi connectivity index (χ0) is 16.7. The molecule has 2 N–H and O–H groups in total. The first kappa shape index (κ1) is 21.2. The van der Waals surface area contributed by atoms with E-state index in [0.29, 0.717) is 48.5 Å². The summed E-state index contributed by atoms with van der Waals surface area (Å²) in [5.74, 6) is -2.51. The van der Waals surface area contributed by atoms with Crippen LogP contribution < -0.4 is 5.73 Å². The minimum atomic E-state index is -2.45. The molecule has 1 amide bonds. The third-order valence-corrected chi connectivity index (χ3v) is 4.48. The average molecular weight is 381 g/mol. The molecule has 0 spiro atoms. The number of nitrogens with two attached hydrogens (primary N) is 1. The van der Waals surface area contributed by atoms with Crippen LogP contribution in [0.2, 0.25) is 0 Å². The van der Waals surface area contributed by atoms with Crippen molar-refractivity contribution in [3.63, 3.8) is 0 Å². The normalized spacial score (nSPS) is 15.4. The van der Waals surface area contributed by atoms with Gasteiger partial charge in [-0.2, -0.15) is 8.78 Å². The Morgan fingerprint density at radius 3 is 2.46 bits per heavy atom. The maximum atomic E-state index is 12.4. The number of nitrogens with zero attached hydrogens (tertiary/aromatic N) is 1. The molecule has 8 heteroatoms. The molecule has 0 aliphatic carbocycles. The highest BCUT2D eigenvalue weighted by molar-refractivity contribution is 7.99. The number of amides is 1. The first-order valence-corrected chi connectivity index (χ1v) is 8.64. The summed E-state index contributed by atoms with van der Waals surface area (Å²) in [6.45, 7) is 2.59. The molecule has 0 aromatic heterocycles. The number of carbonyl (C=O) groups is 1. The summed E-state index contributed by atoms with van der Waals surface area (Å²) >= 11 is 0.480. The molecule has 2 rings (SSSR count). The molecule has 136 valence electrons. The van der Waals surface area contributed by atoms with Crippen molar-refractivity contribution in [1.29, 1.82) is 0 Å². The van der Waals surface area contributed by atoms with E-state index < -0.39 is 5.76 Å². The molecule has 1 aliphatic rings. The van der Waals surface area contributed by atoms with E-state index in [0.717, 1.165) is 19.3 Å². The Balaban J connectivity index is 0.00000288. The number of thioether (sulfide) groups is 1. The van der Waals surface area contributed by atoms with Gasteiger partial charge in [0, 0.05) is 30.2 Å². The average Bonchev–Trinajstić information content (AvgIpc) is 2.55. The number of carbonyl (C=O) groups excluding carboxylic acids is 1. The van der Waals surface area contributed by atoms with Gasteiger partial charge in [0.2, 0.25) is 0 Å². The number of rotatable bonds is 7. The molecular weight excluding hydrogens is 358 g/mol. The van der Waals surface area contributed by atoms with Crippen molar-refractivity contribution in [3.05, 3.63) is 29.8 Å². The van der Waals surface area contributed by atoms with Crippen LogP contribution in [0, 0.1) is 0 Å². The second-order valence-electron chi connectivity index (χ2n) is 5.41. The Morgan fingerprint density at radius 2 is 1.92 bits per heavy atom. The van der Waals surface area contributed by atoms with Crippen LogP contribution in [0.5, 0.6) is 0 Å². The molecule has 1 aliphatic heterocycles. The smallest absolute Gasteiger partial charge is 0.288 e. The Labute approximate surface area is 151 Å². The van der Waals surface area contributed by atoms with Gasteiger partial charge in [0.05, 0.1) is 6.10 Å². The minimum Gasteiger partial charge on any atom is -0.378 e. The maximum absolute atomic E-state index is 12.4. The number of hydrogen-bond donors (Lipinski definition) is 1. The summed E-state index contributed by atoms with van der Waals surface area (Å²) in [7, 11) is 0. The number of alkyl halides is 2. The number of hydrogen-bond acceptors (Lipinski definition) is 4. The zero-order valence-corrected chi connectivity index (χ0v) is 15.0. The van der Waals surface area contributed by atoms with E-state index in [2.05, 4.69) is 0 Å². The van der Waals surface area contributed by atoms with Gasteiger partial charge in [-0.3, -0.25) is 4.79 Å². The maximum Gasteiger partial charge on any atom is 0.288 e. The second kappa shape index (κ2) is 10.9. The van der Waals surface area contributed by atoms with Crippen molar-refractivity contribution in [3.8, 4) is 0 Å². The zero-order valence-electron chi connectivity index (χ0n) is 13.3. The van der Waals surface area contributed by atoms with Crippen molar-refractivity contribution >= 4 is 30.1 Å². The number of piperidine rings is 1. The molecule has 0 atom stereocenters. The summed E-state index contributed by atoms with van der Waals surface area (Å²) < 4.78 is 30.3. The van der Waals surface area contributed by atoms with E-state index in [1.165, 1.54) is 0 Å². The van der Waals surface area contributed by atoms with Gasteiger partial charge in [-0.25, -0.2) is 0 Å². The summed E-state index contributed by atoms with van der Waals surface area (Å²) in [5.41, 5.74) is 5.96. The van der Waals surface area contributed by atoms with Gasteiger partial charge in [-0.1, -0.05) is 11.8 Å². The third kappa shape index (κ3) is 6.55. The number of benzene rings is 1. The highest BCUT2D eigenvalue weighted by atomic mass is 35.5. The summed E-state index contributed by atoms with van der Waals surface area (Å²) in [6.07, 6.45) is 2.67. The fraction of sp³-hybridized carbons (Fsp3) is 0.562. The van der Waals surface area contributed by atoms with Crippen LogP contribution >= 0.6 is 24.2 Å². The molecular formula is C16H23ClF2N2O2S. The Kier molecular flexibility index (Phi) is 9.58. The van der Waals surface area contributed by atoms with Crippen LogP contribution in [-0.4, -0.2) is 48.9 Å². The Morgan fingerprint density at radius 1 is 1.29 bits per heavy atom. The summed E-state index contributed by atoms with van der Waals surface area (Å²) in [4.78, 5) is 14.7. The molecule has 24 heavy (non-hydrogen) atoms. The molecule has 1 fully saturated rings. The van der Waals surface area contributed by atoms with Gasteiger partial charge in [0.15, 0.2) is 0 Å². The number of halogens is 3. The first-order valence-electron chi connectivity index (χ1n) is 7.76. The molecule has 0 radical (unpaired) electrons. The quantitative estimate of drug-likeness (QED) is 0.582. The SMILES string of the molecule is Cl.NCCCOC1CCN(C(=O)c2ccc(SC(F)F)cc2)CC1.